The second kappa shape index (κ2) is 11.8. The minimum Gasteiger partial charge on any atom is -0.456 e. The third-order valence-corrected chi connectivity index (χ3v) is 15.2. The van der Waals surface area contributed by atoms with Gasteiger partial charge in [0, 0.05) is 38.1 Å². The Labute approximate surface area is 342 Å². The number of hydrogen-bond donors (Lipinski definition) is 0. The van der Waals surface area contributed by atoms with Crippen LogP contribution >= 0.6 is 0 Å². The highest BCUT2D eigenvalue weighted by molar-refractivity contribution is 6.23. The lowest BCUT2D eigenvalue weighted by Gasteiger charge is -2.61. The maximum atomic E-state index is 6.33. The molecule has 2 aromatic heterocycles. The lowest BCUT2D eigenvalue weighted by atomic mass is 9.43. The highest BCUT2D eigenvalue weighted by atomic mass is 16.3. The predicted molar refractivity (Wildman–Crippen MR) is 241 cm³/mol. The Morgan fingerprint density at radius 1 is 0.407 bits per heavy atom. The first-order chi connectivity index (χ1) is 29.2. The highest BCUT2D eigenvalue weighted by Gasteiger charge is 2.61. The Morgan fingerprint density at radius 3 is 1.71 bits per heavy atom. The summed E-state index contributed by atoms with van der Waals surface area (Å²) in [4.78, 5) is 11.3. The summed E-state index contributed by atoms with van der Waals surface area (Å²) in [6.07, 6.45) is 6.83. The van der Waals surface area contributed by atoms with Crippen molar-refractivity contribution in [3.63, 3.8) is 0 Å². The molecule has 280 valence electrons. The molecule has 2 heterocycles. The summed E-state index contributed by atoms with van der Waals surface area (Å²) in [5.41, 5.74) is 16.3. The van der Waals surface area contributed by atoms with Crippen LogP contribution in [-0.4, -0.2) is 9.97 Å². The van der Waals surface area contributed by atoms with E-state index in [1.807, 2.05) is 0 Å². The molecule has 5 aliphatic carbocycles. The average molecular weight is 757 g/mol. The Bertz CT molecular complexity index is 3380. The number of fused-ring (bicyclic) bond motifs is 12. The molecule has 0 radical (unpaired) electrons. The van der Waals surface area contributed by atoms with Crippen LogP contribution in [0.2, 0.25) is 0 Å². The smallest absolute Gasteiger partial charge is 0.135 e. The molecule has 0 saturated heterocycles. The van der Waals surface area contributed by atoms with Gasteiger partial charge in [0.15, 0.2) is 0 Å². The van der Waals surface area contributed by atoms with Crippen LogP contribution in [0.15, 0.2) is 162 Å². The van der Waals surface area contributed by atoms with E-state index in [1.165, 1.54) is 75.9 Å². The summed E-state index contributed by atoms with van der Waals surface area (Å²) in [5.74, 6) is 3.09. The van der Waals surface area contributed by atoms with Crippen molar-refractivity contribution in [3.05, 3.63) is 169 Å². The first-order valence-corrected chi connectivity index (χ1v) is 21.6. The molecular weight excluding hydrogens is 717 g/mol. The zero-order chi connectivity index (χ0) is 38.4. The molecule has 5 aliphatic rings. The van der Waals surface area contributed by atoms with Gasteiger partial charge in [0.2, 0.25) is 0 Å². The van der Waals surface area contributed by atoms with Gasteiger partial charge in [0.05, 0.1) is 22.4 Å². The van der Waals surface area contributed by atoms with Gasteiger partial charge in [-0.25, -0.2) is 9.97 Å². The number of nitrogens with zero attached hydrogens (tertiary/aromatic N) is 2. The molecule has 0 N–H and O–H groups in total. The third-order valence-electron chi connectivity index (χ3n) is 15.2. The first kappa shape index (κ1) is 32.4. The molecule has 3 nitrogen and oxygen atoms in total. The van der Waals surface area contributed by atoms with Gasteiger partial charge < -0.3 is 4.42 Å². The van der Waals surface area contributed by atoms with Gasteiger partial charge in [0.1, 0.15) is 11.2 Å². The van der Waals surface area contributed by atoms with E-state index in [0.717, 1.165) is 67.3 Å². The van der Waals surface area contributed by atoms with Crippen molar-refractivity contribution < 1.29 is 4.42 Å². The van der Waals surface area contributed by atoms with Crippen molar-refractivity contribution in [1.82, 2.24) is 9.97 Å². The minimum absolute atomic E-state index is 0.0332. The number of para-hydroxylation sites is 1. The van der Waals surface area contributed by atoms with Gasteiger partial charge >= 0.3 is 0 Å². The van der Waals surface area contributed by atoms with Crippen LogP contribution in [0.3, 0.4) is 0 Å². The zero-order valence-electron chi connectivity index (χ0n) is 32.7. The van der Waals surface area contributed by atoms with E-state index in [0.29, 0.717) is 11.8 Å². The number of benzene rings is 8. The zero-order valence-corrected chi connectivity index (χ0v) is 32.7. The number of aromatic nitrogens is 2. The molecule has 0 aliphatic heterocycles. The third kappa shape index (κ3) is 4.32. The van der Waals surface area contributed by atoms with Crippen LogP contribution in [0.5, 0.6) is 0 Å². The topological polar surface area (TPSA) is 38.9 Å². The molecule has 0 amide bonds. The van der Waals surface area contributed by atoms with Crippen molar-refractivity contribution in [2.45, 2.75) is 37.5 Å². The van der Waals surface area contributed by atoms with Crippen LogP contribution < -0.4 is 0 Å². The van der Waals surface area contributed by atoms with Crippen LogP contribution in [0.4, 0.5) is 0 Å². The van der Waals surface area contributed by atoms with E-state index in [-0.39, 0.29) is 5.41 Å². The molecule has 59 heavy (non-hydrogen) atoms. The van der Waals surface area contributed by atoms with Gasteiger partial charge in [-0.05, 0) is 124 Å². The summed E-state index contributed by atoms with van der Waals surface area (Å²) in [6, 6.07) is 58.0. The highest BCUT2D eigenvalue weighted by Crippen LogP contribution is 2.70. The Hall–Kier alpha value is -6.58. The standard InChI is InChI=1S/C56H40N2O/c1-2-11-34(12-3-1)52-53(58-55-44-17-7-5-14-41(44)40-13-4-6-16-43(40)54(55)57-52)36-21-23-47-46(31-36)51-39(35-22-24-50-45(30-35)42-15-8-9-20-49(42)59-50)18-10-19-48(51)56(47)37-26-32-25-33(28-37)29-38(56)27-32/h1-24,30-33,37-38H,25-29H2. The molecule has 8 aromatic carbocycles. The number of hydrogen-bond acceptors (Lipinski definition) is 3. The first-order valence-electron chi connectivity index (χ1n) is 21.6. The Morgan fingerprint density at radius 2 is 1.00 bits per heavy atom. The van der Waals surface area contributed by atoms with Crippen LogP contribution in [0, 0.1) is 23.7 Å². The summed E-state index contributed by atoms with van der Waals surface area (Å²) >= 11 is 0. The lowest BCUT2D eigenvalue weighted by Crippen LogP contribution is -2.55. The van der Waals surface area contributed by atoms with Crippen molar-refractivity contribution in [3.8, 4) is 44.8 Å². The minimum atomic E-state index is 0.0332. The number of furan rings is 1. The van der Waals surface area contributed by atoms with Crippen molar-refractivity contribution in [2.24, 2.45) is 23.7 Å². The maximum Gasteiger partial charge on any atom is 0.135 e. The predicted octanol–water partition coefficient (Wildman–Crippen LogP) is 14.6. The Balaban J connectivity index is 1.06. The van der Waals surface area contributed by atoms with Crippen LogP contribution in [-0.2, 0) is 5.41 Å². The molecule has 4 saturated carbocycles. The molecule has 4 bridgehead atoms. The molecule has 10 aromatic rings. The van der Waals surface area contributed by atoms with Gasteiger partial charge in [-0.3, -0.25) is 0 Å². The van der Waals surface area contributed by atoms with Gasteiger partial charge in [-0.2, -0.15) is 0 Å². The molecule has 3 heteroatoms. The molecule has 4 fully saturated rings. The molecular formula is C56H40N2O. The monoisotopic (exact) mass is 756 g/mol. The fourth-order valence-corrected chi connectivity index (χ4v) is 13.2. The fraction of sp³-hybridized carbons (Fsp3) is 0.179. The van der Waals surface area contributed by atoms with E-state index < -0.39 is 0 Å². The lowest BCUT2D eigenvalue weighted by molar-refractivity contribution is -0.0399. The largest absolute Gasteiger partial charge is 0.456 e. The second-order valence-electron chi connectivity index (χ2n) is 18.0. The summed E-state index contributed by atoms with van der Waals surface area (Å²) < 4.78 is 6.33. The van der Waals surface area contributed by atoms with E-state index in [1.54, 1.807) is 11.1 Å². The summed E-state index contributed by atoms with van der Waals surface area (Å²) in [6.45, 7) is 0. The van der Waals surface area contributed by atoms with Crippen molar-refractivity contribution in [1.29, 1.82) is 0 Å². The van der Waals surface area contributed by atoms with Crippen LogP contribution in [0.1, 0.15) is 43.2 Å². The average Bonchev–Trinajstić information content (AvgIpc) is 3.81. The molecule has 1 spiro atoms. The Kier molecular flexibility index (Phi) is 6.46. The van der Waals surface area contributed by atoms with E-state index in [9.17, 15) is 0 Å². The van der Waals surface area contributed by atoms with E-state index in [4.69, 9.17) is 14.4 Å². The molecule has 15 rings (SSSR count). The quantitative estimate of drug-likeness (QED) is 0.169. The van der Waals surface area contributed by atoms with Gasteiger partial charge in [0.25, 0.3) is 0 Å². The van der Waals surface area contributed by atoms with E-state index >= 15 is 0 Å². The molecule has 0 unspecified atom stereocenters. The van der Waals surface area contributed by atoms with Crippen LogP contribution in [0.25, 0.3) is 99.3 Å². The normalized spacial score (nSPS) is 22.6. The SMILES string of the molecule is c1ccc(-c2nc3c4ccccc4c4ccccc4c3nc2-c2ccc3c(c2)-c2c(-c4ccc5oc6ccccc6c5c4)cccc2C32C3CC4CC(C3)CC2C4)cc1. The maximum absolute atomic E-state index is 6.33. The van der Waals surface area contributed by atoms with Crippen molar-refractivity contribution >= 4 is 54.5 Å². The van der Waals surface area contributed by atoms with Gasteiger partial charge in [-0.15, -0.1) is 0 Å². The second-order valence-corrected chi connectivity index (χ2v) is 18.0. The summed E-state index contributed by atoms with van der Waals surface area (Å²) in [5, 5.41) is 7.03. The van der Waals surface area contributed by atoms with Gasteiger partial charge in [-0.1, -0.05) is 133 Å². The number of rotatable bonds is 3. The molecule has 0 atom stereocenters. The van der Waals surface area contributed by atoms with E-state index in [2.05, 4.69) is 158 Å². The summed E-state index contributed by atoms with van der Waals surface area (Å²) in [7, 11) is 0. The van der Waals surface area contributed by atoms with Crippen molar-refractivity contribution in [2.75, 3.05) is 0 Å². The fourth-order valence-electron chi connectivity index (χ4n) is 13.2.